The molecule has 1 fully saturated rings. The van der Waals surface area contributed by atoms with Crippen LogP contribution >= 0.6 is 23.1 Å². The standard InChI is InChI=1S/C15H23NO2S2/c1-12(14-7-5-9-20-14)16(2)15(17)11-19-10-13-6-3-4-8-18-13/h5,7,9,12-13H,3-4,6,8,10-11H2,1-2H3/t12-,13-/m0/s1. The number of thiophene rings is 1. The van der Waals surface area contributed by atoms with Crippen LogP contribution in [-0.4, -0.2) is 42.1 Å². The number of carbonyl (C=O) groups excluding carboxylic acids is 1. The molecule has 20 heavy (non-hydrogen) atoms. The largest absolute Gasteiger partial charge is 0.377 e. The molecular weight excluding hydrogens is 290 g/mol. The number of hydrogen-bond acceptors (Lipinski definition) is 4. The van der Waals surface area contributed by atoms with E-state index in [-0.39, 0.29) is 11.9 Å². The van der Waals surface area contributed by atoms with E-state index in [9.17, 15) is 4.79 Å². The summed E-state index contributed by atoms with van der Waals surface area (Å²) < 4.78 is 5.68. The lowest BCUT2D eigenvalue weighted by Gasteiger charge is -2.25. The second kappa shape index (κ2) is 8.05. The minimum absolute atomic E-state index is 0.161. The van der Waals surface area contributed by atoms with Crippen LogP contribution in [-0.2, 0) is 9.53 Å². The first-order valence-electron chi connectivity index (χ1n) is 7.17. The van der Waals surface area contributed by atoms with Gasteiger partial charge >= 0.3 is 0 Å². The van der Waals surface area contributed by atoms with Gasteiger partial charge in [-0.2, -0.15) is 0 Å². The molecule has 1 aliphatic heterocycles. The summed E-state index contributed by atoms with van der Waals surface area (Å²) in [5.74, 6) is 1.69. The molecular formula is C15H23NO2S2. The monoisotopic (exact) mass is 313 g/mol. The van der Waals surface area contributed by atoms with Gasteiger partial charge in [0, 0.05) is 24.3 Å². The van der Waals surface area contributed by atoms with E-state index >= 15 is 0 Å². The zero-order valence-electron chi connectivity index (χ0n) is 12.2. The second-order valence-electron chi connectivity index (χ2n) is 5.20. The molecule has 112 valence electrons. The first-order chi connectivity index (χ1) is 9.68. The molecule has 1 aromatic rings. The molecule has 2 rings (SSSR count). The summed E-state index contributed by atoms with van der Waals surface area (Å²) >= 11 is 3.40. The highest BCUT2D eigenvalue weighted by Gasteiger charge is 2.19. The zero-order valence-corrected chi connectivity index (χ0v) is 13.8. The van der Waals surface area contributed by atoms with Crippen molar-refractivity contribution in [2.75, 3.05) is 25.2 Å². The van der Waals surface area contributed by atoms with Gasteiger partial charge in [-0.25, -0.2) is 0 Å². The predicted octanol–water partition coefficient (Wildman–Crippen LogP) is 3.57. The quantitative estimate of drug-likeness (QED) is 0.804. The Balaban J connectivity index is 1.71. The molecule has 0 spiro atoms. The fourth-order valence-corrected chi connectivity index (χ4v) is 4.10. The van der Waals surface area contributed by atoms with E-state index in [2.05, 4.69) is 18.4 Å². The van der Waals surface area contributed by atoms with E-state index in [0.29, 0.717) is 11.9 Å². The predicted molar refractivity (Wildman–Crippen MR) is 86.4 cm³/mol. The lowest BCUT2D eigenvalue weighted by atomic mass is 10.1. The van der Waals surface area contributed by atoms with Crippen LogP contribution in [0.25, 0.3) is 0 Å². The van der Waals surface area contributed by atoms with Crippen LogP contribution in [0.5, 0.6) is 0 Å². The van der Waals surface area contributed by atoms with Crippen LogP contribution in [0.1, 0.15) is 37.1 Å². The van der Waals surface area contributed by atoms with Gasteiger partial charge in [0.25, 0.3) is 0 Å². The van der Waals surface area contributed by atoms with Crippen LogP contribution in [0.2, 0.25) is 0 Å². The highest BCUT2D eigenvalue weighted by Crippen LogP contribution is 2.24. The van der Waals surface area contributed by atoms with E-state index in [1.54, 1.807) is 23.1 Å². The molecule has 2 atom stereocenters. The summed E-state index contributed by atoms with van der Waals surface area (Å²) in [6.45, 7) is 2.97. The molecule has 5 heteroatoms. The smallest absolute Gasteiger partial charge is 0.232 e. The highest BCUT2D eigenvalue weighted by atomic mass is 32.2. The van der Waals surface area contributed by atoms with Gasteiger partial charge in [0.05, 0.1) is 17.9 Å². The van der Waals surface area contributed by atoms with Gasteiger partial charge in [-0.15, -0.1) is 23.1 Å². The fourth-order valence-electron chi connectivity index (χ4n) is 2.25. The average Bonchev–Trinajstić information content (AvgIpc) is 3.01. The Bertz CT molecular complexity index is 402. The third-order valence-corrected chi connectivity index (χ3v) is 5.83. The maximum Gasteiger partial charge on any atom is 0.232 e. The van der Waals surface area contributed by atoms with E-state index in [1.807, 2.05) is 18.0 Å². The van der Waals surface area contributed by atoms with Gasteiger partial charge in [-0.3, -0.25) is 4.79 Å². The van der Waals surface area contributed by atoms with Crippen LogP contribution in [0.4, 0.5) is 0 Å². The molecule has 0 saturated carbocycles. The van der Waals surface area contributed by atoms with E-state index < -0.39 is 0 Å². The molecule has 0 N–H and O–H groups in total. The van der Waals surface area contributed by atoms with Crippen molar-refractivity contribution in [3.63, 3.8) is 0 Å². The van der Waals surface area contributed by atoms with Crippen molar-refractivity contribution in [1.29, 1.82) is 0 Å². The highest BCUT2D eigenvalue weighted by molar-refractivity contribution is 7.99. The Morgan fingerprint density at radius 1 is 1.60 bits per heavy atom. The number of rotatable bonds is 6. The van der Waals surface area contributed by atoms with E-state index in [1.165, 1.54) is 17.7 Å². The lowest BCUT2D eigenvalue weighted by Crippen LogP contribution is -2.31. The van der Waals surface area contributed by atoms with Gasteiger partial charge in [0.1, 0.15) is 0 Å². The number of nitrogens with zero attached hydrogens (tertiary/aromatic N) is 1. The van der Waals surface area contributed by atoms with Gasteiger partial charge in [-0.1, -0.05) is 6.07 Å². The Hall–Kier alpha value is -0.520. The minimum atomic E-state index is 0.161. The Morgan fingerprint density at radius 2 is 2.45 bits per heavy atom. The SMILES string of the molecule is C[C@@H](c1cccs1)N(C)C(=O)CSC[C@@H]1CCCCO1. The van der Waals surface area contributed by atoms with Gasteiger partial charge < -0.3 is 9.64 Å². The summed E-state index contributed by atoms with van der Waals surface area (Å²) in [5, 5.41) is 2.05. The molecule has 0 bridgehead atoms. The number of hydrogen-bond donors (Lipinski definition) is 0. The van der Waals surface area contributed by atoms with E-state index in [4.69, 9.17) is 4.74 Å². The van der Waals surface area contributed by atoms with Gasteiger partial charge in [0.2, 0.25) is 5.91 Å². The van der Waals surface area contributed by atoms with Gasteiger partial charge in [-0.05, 0) is 37.6 Å². The van der Waals surface area contributed by atoms with Crippen LogP contribution in [0.3, 0.4) is 0 Å². The Labute approximate surface area is 129 Å². The van der Waals surface area contributed by atoms with Crippen molar-refractivity contribution in [2.45, 2.75) is 38.3 Å². The molecule has 1 aromatic heterocycles. The van der Waals surface area contributed by atoms with Crippen molar-refractivity contribution >= 4 is 29.0 Å². The summed E-state index contributed by atoms with van der Waals surface area (Å²) in [6.07, 6.45) is 3.93. The maximum absolute atomic E-state index is 12.2. The molecule has 2 heterocycles. The average molecular weight is 313 g/mol. The number of carbonyl (C=O) groups is 1. The zero-order chi connectivity index (χ0) is 14.4. The van der Waals surface area contributed by atoms with Crippen molar-refractivity contribution < 1.29 is 9.53 Å². The molecule has 1 amide bonds. The summed E-state index contributed by atoms with van der Waals surface area (Å²) in [6, 6.07) is 4.28. The van der Waals surface area contributed by atoms with Crippen LogP contribution < -0.4 is 0 Å². The molecule has 0 aliphatic carbocycles. The molecule has 1 saturated heterocycles. The molecule has 0 unspecified atom stereocenters. The van der Waals surface area contributed by atoms with Crippen molar-refractivity contribution in [3.8, 4) is 0 Å². The summed E-state index contributed by atoms with van der Waals surface area (Å²) in [5.41, 5.74) is 0. The number of thioether (sulfide) groups is 1. The van der Waals surface area contributed by atoms with Crippen LogP contribution in [0, 0.1) is 0 Å². The van der Waals surface area contributed by atoms with Crippen LogP contribution in [0.15, 0.2) is 17.5 Å². The van der Waals surface area contributed by atoms with Crippen molar-refractivity contribution in [1.82, 2.24) is 4.90 Å². The number of amides is 1. The maximum atomic E-state index is 12.2. The lowest BCUT2D eigenvalue weighted by molar-refractivity contribution is -0.128. The van der Waals surface area contributed by atoms with Gasteiger partial charge in [0.15, 0.2) is 0 Å². The Morgan fingerprint density at radius 3 is 3.10 bits per heavy atom. The fraction of sp³-hybridized carbons (Fsp3) is 0.667. The molecule has 0 radical (unpaired) electrons. The van der Waals surface area contributed by atoms with E-state index in [0.717, 1.165) is 18.8 Å². The van der Waals surface area contributed by atoms with Crippen molar-refractivity contribution in [3.05, 3.63) is 22.4 Å². The summed E-state index contributed by atoms with van der Waals surface area (Å²) in [4.78, 5) is 15.3. The molecule has 0 aromatic carbocycles. The first-order valence-corrected chi connectivity index (χ1v) is 9.20. The molecule has 3 nitrogen and oxygen atoms in total. The normalized spacial score (nSPS) is 20.6. The van der Waals surface area contributed by atoms with Crippen molar-refractivity contribution in [2.24, 2.45) is 0 Å². The number of ether oxygens (including phenoxy) is 1. The topological polar surface area (TPSA) is 29.5 Å². The second-order valence-corrected chi connectivity index (χ2v) is 7.21. The molecule has 1 aliphatic rings. The third-order valence-electron chi connectivity index (χ3n) is 3.73. The third kappa shape index (κ3) is 4.50. The Kier molecular flexibility index (Phi) is 6.39. The first kappa shape index (κ1) is 15.9. The summed E-state index contributed by atoms with van der Waals surface area (Å²) in [7, 11) is 1.89. The minimum Gasteiger partial charge on any atom is -0.377 e.